The summed E-state index contributed by atoms with van der Waals surface area (Å²) >= 11 is 0. The molecule has 0 radical (unpaired) electrons. The molecule has 2 heteroatoms. The van der Waals surface area contributed by atoms with Gasteiger partial charge < -0.3 is 4.90 Å². The zero-order valence-electron chi connectivity index (χ0n) is 14.4. The molecule has 0 saturated carbocycles. The second kappa shape index (κ2) is 8.68. The lowest BCUT2D eigenvalue weighted by Crippen LogP contribution is -2.12. The van der Waals surface area contributed by atoms with Gasteiger partial charge >= 0.3 is 0 Å². The maximum absolute atomic E-state index is 3.39. The van der Waals surface area contributed by atoms with E-state index >= 15 is 0 Å². The van der Waals surface area contributed by atoms with Crippen LogP contribution in [0.5, 0.6) is 0 Å². The fourth-order valence-electron chi connectivity index (χ4n) is 2.53. The largest absolute Gasteiger partial charge is 0.305 e. The van der Waals surface area contributed by atoms with Gasteiger partial charge in [0, 0.05) is 14.5 Å². The smallest absolute Gasteiger partial charge is 0.0273 e. The Morgan fingerprint density at radius 1 is 1.04 bits per heavy atom. The van der Waals surface area contributed by atoms with Gasteiger partial charge in [-0.2, -0.15) is 0 Å². The first-order valence-corrected chi connectivity index (χ1v) is 9.21. The summed E-state index contributed by atoms with van der Waals surface area (Å²) < 4.78 is 0. The van der Waals surface area contributed by atoms with Crippen LogP contribution in [-0.2, 0) is 6.54 Å². The van der Waals surface area contributed by atoms with Crippen molar-refractivity contribution in [1.29, 1.82) is 0 Å². The molecular formula is C21H24NP. The summed E-state index contributed by atoms with van der Waals surface area (Å²) in [5.74, 6) is 5.44. The van der Waals surface area contributed by atoms with E-state index < -0.39 is 7.92 Å². The van der Waals surface area contributed by atoms with E-state index in [1.54, 1.807) is 0 Å². The monoisotopic (exact) mass is 321 g/mol. The van der Waals surface area contributed by atoms with Crippen molar-refractivity contribution >= 4 is 18.8 Å². The fourth-order valence-corrected chi connectivity index (χ4v) is 4.13. The summed E-state index contributed by atoms with van der Waals surface area (Å²) in [6, 6.07) is 19.2. The molecule has 0 aliphatic carbocycles. The summed E-state index contributed by atoms with van der Waals surface area (Å²) in [4.78, 5) is 2.21. The first kappa shape index (κ1) is 17.5. The zero-order chi connectivity index (χ0) is 16.7. The number of hydrogen-bond donors (Lipinski definition) is 0. The van der Waals surface area contributed by atoms with Crippen molar-refractivity contribution in [1.82, 2.24) is 4.90 Å². The summed E-state index contributed by atoms with van der Waals surface area (Å²) in [5.41, 5.74) is 7.38. The predicted molar refractivity (Wildman–Crippen MR) is 104 cm³/mol. The molecule has 0 fully saturated rings. The number of rotatable bonds is 5. The summed E-state index contributed by atoms with van der Waals surface area (Å²) in [5, 5.41) is 1.31. The van der Waals surface area contributed by atoms with Crippen LogP contribution in [0.4, 0.5) is 0 Å². The molecule has 0 amide bonds. The molecule has 2 aromatic carbocycles. The first-order valence-electron chi connectivity index (χ1n) is 7.80. The molecule has 0 bridgehead atoms. The molecule has 118 valence electrons. The number of allylic oxidation sites excluding steroid dienone is 1. The molecule has 0 heterocycles. The molecule has 1 unspecified atom stereocenters. The maximum Gasteiger partial charge on any atom is 0.0273 e. The molecule has 23 heavy (non-hydrogen) atoms. The van der Waals surface area contributed by atoms with E-state index in [9.17, 15) is 0 Å². The minimum absolute atomic E-state index is 0.588. The standard InChI is InChI=1S/C21H24NP/c1-5-15-23(20-12-7-6-8-13-20)17-18(2)21-14-10-9-11-19(21)16-22(3)4/h6-14,17H,16H2,1-4H3/b18-17+. The third kappa shape index (κ3) is 5.07. The van der Waals surface area contributed by atoms with Crippen molar-refractivity contribution in [3.05, 3.63) is 71.5 Å². The lowest BCUT2D eigenvalue weighted by atomic mass is 10.0. The van der Waals surface area contributed by atoms with E-state index in [0.29, 0.717) is 0 Å². The van der Waals surface area contributed by atoms with Gasteiger partial charge in [-0.3, -0.25) is 0 Å². The van der Waals surface area contributed by atoms with Gasteiger partial charge in [0.1, 0.15) is 0 Å². The van der Waals surface area contributed by atoms with Gasteiger partial charge in [0.15, 0.2) is 0 Å². The minimum Gasteiger partial charge on any atom is -0.305 e. The summed E-state index contributed by atoms with van der Waals surface area (Å²) in [7, 11) is 3.62. The molecule has 1 nitrogen and oxygen atoms in total. The Hall–Kier alpha value is -1.87. The van der Waals surface area contributed by atoms with E-state index in [1.807, 2.05) is 6.92 Å². The van der Waals surface area contributed by atoms with Crippen molar-refractivity contribution in [3.63, 3.8) is 0 Å². The summed E-state index contributed by atoms with van der Waals surface area (Å²) in [6.45, 7) is 5.07. The number of benzene rings is 2. The van der Waals surface area contributed by atoms with Crippen LogP contribution in [0, 0.1) is 11.6 Å². The van der Waals surface area contributed by atoms with Gasteiger partial charge in [0.2, 0.25) is 0 Å². The molecule has 0 spiro atoms. The van der Waals surface area contributed by atoms with Crippen LogP contribution >= 0.6 is 7.92 Å². The van der Waals surface area contributed by atoms with E-state index in [4.69, 9.17) is 0 Å². The molecule has 2 aromatic rings. The SMILES string of the molecule is CC#CP(/C=C(\C)c1ccccc1CN(C)C)c1ccccc1. The van der Waals surface area contributed by atoms with Crippen LogP contribution in [0.1, 0.15) is 25.0 Å². The second-order valence-electron chi connectivity index (χ2n) is 5.77. The Morgan fingerprint density at radius 2 is 1.70 bits per heavy atom. The highest BCUT2D eigenvalue weighted by molar-refractivity contribution is 7.73. The van der Waals surface area contributed by atoms with Gasteiger partial charge in [-0.25, -0.2) is 0 Å². The molecule has 0 saturated heterocycles. The fraction of sp³-hybridized carbons (Fsp3) is 0.238. The zero-order valence-corrected chi connectivity index (χ0v) is 15.3. The van der Waals surface area contributed by atoms with E-state index in [0.717, 1.165) is 6.54 Å². The first-order chi connectivity index (χ1) is 11.1. The van der Waals surface area contributed by atoms with Crippen LogP contribution in [0.15, 0.2) is 60.4 Å². The molecule has 2 rings (SSSR count). The van der Waals surface area contributed by atoms with E-state index in [-0.39, 0.29) is 0 Å². The van der Waals surface area contributed by atoms with Gasteiger partial charge in [-0.1, -0.05) is 60.3 Å². The van der Waals surface area contributed by atoms with Gasteiger partial charge in [-0.05, 0) is 55.8 Å². The van der Waals surface area contributed by atoms with Gasteiger partial charge in [0.25, 0.3) is 0 Å². The molecular weight excluding hydrogens is 297 g/mol. The highest BCUT2D eigenvalue weighted by Crippen LogP contribution is 2.38. The van der Waals surface area contributed by atoms with Crippen molar-refractivity contribution in [2.75, 3.05) is 14.1 Å². The molecule has 0 aliphatic heterocycles. The van der Waals surface area contributed by atoms with Gasteiger partial charge in [-0.15, -0.1) is 5.92 Å². The van der Waals surface area contributed by atoms with Crippen molar-refractivity contribution < 1.29 is 0 Å². The van der Waals surface area contributed by atoms with Crippen LogP contribution in [-0.4, -0.2) is 19.0 Å². The Kier molecular flexibility index (Phi) is 6.60. The van der Waals surface area contributed by atoms with Crippen molar-refractivity contribution in [2.45, 2.75) is 20.4 Å². The quantitative estimate of drug-likeness (QED) is 0.559. The second-order valence-corrected chi connectivity index (χ2v) is 7.51. The Morgan fingerprint density at radius 3 is 2.35 bits per heavy atom. The normalized spacial score (nSPS) is 12.7. The predicted octanol–water partition coefficient (Wildman–Crippen LogP) is 4.90. The van der Waals surface area contributed by atoms with Crippen molar-refractivity contribution in [2.24, 2.45) is 0 Å². The average molecular weight is 321 g/mol. The average Bonchev–Trinajstić information content (AvgIpc) is 2.55. The van der Waals surface area contributed by atoms with Gasteiger partial charge in [0.05, 0.1) is 0 Å². The van der Waals surface area contributed by atoms with E-state index in [1.165, 1.54) is 22.0 Å². The third-order valence-electron chi connectivity index (χ3n) is 3.52. The lowest BCUT2D eigenvalue weighted by Gasteiger charge is -2.15. The van der Waals surface area contributed by atoms with E-state index in [2.05, 4.69) is 97.9 Å². The van der Waals surface area contributed by atoms with Crippen LogP contribution in [0.3, 0.4) is 0 Å². The van der Waals surface area contributed by atoms with Crippen LogP contribution < -0.4 is 5.30 Å². The van der Waals surface area contributed by atoms with Crippen LogP contribution in [0.2, 0.25) is 0 Å². The topological polar surface area (TPSA) is 3.24 Å². The maximum atomic E-state index is 3.39. The number of hydrogen-bond acceptors (Lipinski definition) is 1. The molecule has 0 aliphatic rings. The highest BCUT2D eigenvalue weighted by atomic mass is 31.1. The van der Waals surface area contributed by atoms with Crippen LogP contribution in [0.25, 0.3) is 5.57 Å². The molecule has 0 aromatic heterocycles. The molecule has 1 atom stereocenters. The highest BCUT2D eigenvalue weighted by Gasteiger charge is 2.09. The molecule has 0 N–H and O–H groups in total. The minimum atomic E-state index is -0.588. The third-order valence-corrected chi connectivity index (χ3v) is 5.48. The Labute approximate surface area is 141 Å². The van der Waals surface area contributed by atoms with Crippen molar-refractivity contribution in [3.8, 4) is 11.6 Å². The Balaban J connectivity index is 2.38. The summed E-state index contributed by atoms with van der Waals surface area (Å²) in [6.07, 6.45) is 0. The number of nitrogens with zero attached hydrogens (tertiary/aromatic N) is 1. The Bertz CT molecular complexity index is 720. The lowest BCUT2D eigenvalue weighted by molar-refractivity contribution is 0.402.